The van der Waals surface area contributed by atoms with Gasteiger partial charge in [0.15, 0.2) is 0 Å². The zero-order valence-corrected chi connectivity index (χ0v) is 19.8. The zero-order valence-electron chi connectivity index (χ0n) is 18.2. The van der Waals surface area contributed by atoms with Gasteiger partial charge in [0.05, 0.1) is 22.0 Å². The van der Waals surface area contributed by atoms with Crippen molar-refractivity contribution in [2.45, 2.75) is 26.4 Å². The maximum atomic E-state index is 12.9. The molecule has 8 heteroatoms. The van der Waals surface area contributed by atoms with Crippen molar-refractivity contribution in [2.75, 3.05) is 18.4 Å². The Morgan fingerprint density at radius 2 is 2.03 bits per heavy atom. The Morgan fingerprint density at radius 3 is 2.79 bits per heavy atom. The Morgan fingerprint density at radius 1 is 1.21 bits per heavy atom. The molecule has 33 heavy (non-hydrogen) atoms. The van der Waals surface area contributed by atoms with Crippen molar-refractivity contribution in [1.29, 1.82) is 0 Å². The van der Waals surface area contributed by atoms with Crippen LogP contribution in [-0.2, 0) is 11.4 Å². The lowest BCUT2D eigenvalue weighted by Crippen LogP contribution is -2.28. The van der Waals surface area contributed by atoms with Crippen molar-refractivity contribution >= 4 is 46.5 Å². The van der Waals surface area contributed by atoms with Gasteiger partial charge in [-0.3, -0.25) is 9.59 Å². The number of amides is 2. The van der Waals surface area contributed by atoms with E-state index in [2.05, 4.69) is 10.3 Å². The molecule has 0 spiro atoms. The summed E-state index contributed by atoms with van der Waals surface area (Å²) in [6.45, 7) is 3.79. The summed E-state index contributed by atoms with van der Waals surface area (Å²) in [5, 5.41) is 6.24. The summed E-state index contributed by atoms with van der Waals surface area (Å²) in [7, 11) is 0. The number of nitrogens with one attached hydrogen (secondary N) is 1. The molecule has 0 radical (unpaired) electrons. The smallest absolute Gasteiger partial charge is 0.256 e. The molecule has 2 amide bonds. The highest BCUT2D eigenvalue weighted by Gasteiger charge is 2.22. The number of aryl methyl sites for hydroxylation is 1. The topological polar surface area (TPSA) is 71.5 Å². The van der Waals surface area contributed by atoms with Gasteiger partial charge in [0, 0.05) is 29.6 Å². The average Bonchev–Trinajstić information content (AvgIpc) is 3.49. The van der Waals surface area contributed by atoms with E-state index in [0.717, 1.165) is 42.2 Å². The van der Waals surface area contributed by atoms with Gasteiger partial charge in [-0.15, -0.1) is 11.3 Å². The second-order valence-corrected chi connectivity index (χ2v) is 9.23. The molecule has 1 aliphatic heterocycles. The monoisotopic (exact) mass is 481 g/mol. The number of thiazole rings is 1. The van der Waals surface area contributed by atoms with E-state index in [-0.39, 0.29) is 11.8 Å². The Balaban J connectivity index is 1.40. The van der Waals surface area contributed by atoms with Crippen molar-refractivity contribution in [1.82, 2.24) is 9.88 Å². The van der Waals surface area contributed by atoms with E-state index >= 15 is 0 Å². The molecular formula is C25H24ClN3O3S. The number of halogens is 1. The first-order chi connectivity index (χ1) is 16.0. The molecule has 0 saturated carbocycles. The van der Waals surface area contributed by atoms with Gasteiger partial charge >= 0.3 is 0 Å². The van der Waals surface area contributed by atoms with Crippen molar-refractivity contribution in [3.05, 3.63) is 80.8 Å². The number of carbonyl (C=O) groups excluding carboxylic acids is 2. The number of aromatic nitrogens is 1. The van der Waals surface area contributed by atoms with Crippen LogP contribution in [0.1, 0.15) is 39.5 Å². The van der Waals surface area contributed by atoms with Gasteiger partial charge in [-0.1, -0.05) is 23.7 Å². The molecule has 6 nitrogen and oxygen atoms in total. The summed E-state index contributed by atoms with van der Waals surface area (Å²) in [6, 6.07) is 12.4. The largest absolute Gasteiger partial charge is 0.487 e. The first kappa shape index (κ1) is 23.0. The lowest BCUT2D eigenvalue weighted by Gasteiger charge is -2.18. The van der Waals surface area contributed by atoms with Gasteiger partial charge in [0.1, 0.15) is 12.4 Å². The molecule has 0 aliphatic carbocycles. The third-order valence-electron chi connectivity index (χ3n) is 5.20. The first-order valence-corrected chi connectivity index (χ1v) is 12.0. The molecule has 0 bridgehead atoms. The number of benzene rings is 2. The molecule has 0 atom stereocenters. The molecule has 1 saturated heterocycles. The van der Waals surface area contributed by atoms with Crippen LogP contribution in [0.3, 0.4) is 0 Å². The van der Waals surface area contributed by atoms with Gasteiger partial charge < -0.3 is 15.0 Å². The molecule has 3 aromatic rings. The number of rotatable bonds is 7. The minimum absolute atomic E-state index is 0.116. The second-order valence-electron chi connectivity index (χ2n) is 7.73. The fourth-order valence-electron chi connectivity index (χ4n) is 3.58. The van der Waals surface area contributed by atoms with Crippen molar-refractivity contribution < 1.29 is 14.3 Å². The molecule has 1 fully saturated rings. The van der Waals surface area contributed by atoms with E-state index in [0.29, 0.717) is 28.6 Å². The summed E-state index contributed by atoms with van der Waals surface area (Å²) >= 11 is 7.70. The highest BCUT2D eigenvalue weighted by Crippen LogP contribution is 2.24. The van der Waals surface area contributed by atoms with Crippen LogP contribution >= 0.6 is 22.9 Å². The number of likely N-dealkylation sites (tertiary alicyclic amines) is 1. The molecule has 1 aromatic heterocycles. The van der Waals surface area contributed by atoms with Crippen molar-refractivity contribution in [3.63, 3.8) is 0 Å². The molecule has 2 aromatic carbocycles. The molecule has 4 rings (SSSR count). The zero-order chi connectivity index (χ0) is 23.2. The lowest BCUT2D eigenvalue weighted by atomic mass is 10.1. The van der Waals surface area contributed by atoms with E-state index in [9.17, 15) is 9.59 Å². The molecule has 1 N–H and O–H groups in total. The van der Waals surface area contributed by atoms with Gasteiger partial charge in [0.2, 0.25) is 5.91 Å². The minimum atomic E-state index is -0.336. The molecule has 1 aliphatic rings. The lowest BCUT2D eigenvalue weighted by molar-refractivity contribution is -0.111. The van der Waals surface area contributed by atoms with Crippen LogP contribution in [0.15, 0.2) is 53.9 Å². The summed E-state index contributed by atoms with van der Waals surface area (Å²) in [5.41, 5.74) is 2.56. The normalized spacial score (nSPS) is 13.5. The summed E-state index contributed by atoms with van der Waals surface area (Å²) in [5.74, 6) is 0.242. The summed E-state index contributed by atoms with van der Waals surface area (Å²) in [6.07, 6.45) is 5.11. The minimum Gasteiger partial charge on any atom is -0.487 e. The van der Waals surface area contributed by atoms with Gasteiger partial charge in [-0.05, 0) is 61.7 Å². The number of ether oxygens (including phenoxy) is 1. The van der Waals surface area contributed by atoms with Crippen LogP contribution < -0.4 is 10.1 Å². The highest BCUT2D eigenvalue weighted by atomic mass is 35.5. The predicted octanol–water partition coefficient (Wildman–Crippen LogP) is 5.57. The summed E-state index contributed by atoms with van der Waals surface area (Å²) < 4.78 is 5.81. The maximum Gasteiger partial charge on any atom is 0.256 e. The molecule has 2 heterocycles. The van der Waals surface area contributed by atoms with Gasteiger partial charge in [-0.25, -0.2) is 4.98 Å². The van der Waals surface area contributed by atoms with Crippen LogP contribution in [-0.4, -0.2) is 34.8 Å². The van der Waals surface area contributed by atoms with Crippen molar-refractivity contribution in [2.24, 2.45) is 0 Å². The van der Waals surface area contributed by atoms with Gasteiger partial charge in [-0.2, -0.15) is 0 Å². The third-order valence-corrected chi connectivity index (χ3v) is 6.26. The first-order valence-electron chi connectivity index (χ1n) is 10.7. The van der Waals surface area contributed by atoms with Crippen molar-refractivity contribution in [3.8, 4) is 5.75 Å². The Bertz CT molecular complexity index is 1190. The van der Waals surface area contributed by atoms with Crippen LogP contribution in [0.2, 0.25) is 5.02 Å². The van der Waals surface area contributed by atoms with E-state index in [1.165, 1.54) is 6.08 Å². The molecule has 0 unspecified atom stereocenters. The molecule has 170 valence electrons. The maximum absolute atomic E-state index is 12.9. The quantitative estimate of drug-likeness (QED) is 0.448. The summed E-state index contributed by atoms with van der Waals surface area (Å²) in [4.78, 5) is 31.6. The average molecular weight is 482 g/mol. The fourth-order valence-corrected chi connectivity index (χ4v) is 4.35. The number of nitrogens with zero attached hydrogens (tertiary/aromatic N) is 2. The number of carbonyl (C=O) groups is 2. The van der Waals surface area contributed by atoms with E-state index in [4.69, 9.17) is 16.3 Å². The SMILES string of the molecule is Cc1nc(COc2cccc(C=CC(=O)Nc3ccc(Cl)cc3C(=O)N3CCCC3)c2)cs1. The Hall–Kier alpha value is -3.16. The third kappa shape index (κ3) is 6.21. The van der Waals surface area contributed by atoms with Gasteiger partial charge in [0.25, 0.3) is 5.91 Å². The number of hydrogen-bond donors (Lipinski definition) is 1. The van der Waals surface area contributed by atoms with E-state index < -0.39 is 0 Å². The Kier molecular flexibility index (Phi) is 7.42. The predicted molar refractivity (Wildman–Crippen MR) is 132 cm³/mol. The fraction of sp³-hybridized carbons (Fsp3) is 0.240. The van der Waals surface area contributed by atoms with Crippen LogP contribution in [0.5, 0.6) is 5.75 Å². The van der Waals surface area contributed by atoms with Crippen LogP contribution in [0.4, 0.5) is 5.69 Å². The van der Waals surface area contributed by atoms with E-state index in [1.807, 2.05) is 36.6 Å². The standard InChI is InChI=1S/C25H24ClN3O3S/c1-17-27-20(16-33-17)15-32-21-6-4-5-18(13-21)7-10-24(30)28-23-9-8-19(26)14-22(23)25(31)29-11-2-3-12-29/h4-10,13-14,16H,2-3,11-12,15H2,1H3,(H,28,30). The second kappa shape index (κ2) is 10.6. The molecular weight excluding hydrogens is 458 g/mol. The van der Waals surface area contributed by atoms with E-state index in [1.54, 1.807) is 40.5 Å². The van der Waals surface area contributed by atoms with Crippen LogP contribution in [0, 0.1) is 6.92 Å². The highest BCUT2D eigenvalue weighted by molar-refractivity contribution is 7.09. The number of hydrogen-bond acceptors (Lipinski definition) is 5. The Labute approximate surface area is 201 Å². The van der Waals surface area contributed by atoms with Crippen LogP contribution in [0.25, 0.3) is 6.08 Å². The number of anilines is 1.